The van der Waals surface area contributed by atoms with Crippen LogP contribution in [0.3, 0.4) is 0 Å². The van der Waals surface area contributed by atoms with Gasteiger partial charge >= 0.3 is 0 Å². The van der Waals surface area contributed by atoms with E-state index in [0.717, 1.165) is 33.3 Å². The van der Waals surface area contributed by atoms with Crippen molar-refractivity contribution in [1.82, 2.24) is 58.3 Å². The van der Waals surface area contributed by atoms with Crippen molar-refractivity contribution in [2.75, 3.05) is 11.5 Å². The van der Waals surface area contributed by atoms with Crippen molar-refractivity contribution in [3.63, 3.8) is 0 Å². The number of anilines is 2. The van der Waals surface area contributed by atoms with E-state index in [1.807, 2.05) is 0 Å². The zero-order valence-corrected chi connectivity index (χ0v) is 47.5. The summed E-state index contributed by atoms with van der Waals surface area (Å²) in [6, 6.07) is 20.0. The SMILES string of the molecule is C.C.CC(C)Oc1ccc(-c2nn([C@@H](C)c3nc4c(Cl)cc(F)cn4c(=O)c3-c3cccc(F)c3)c3ncnc(N)c23)cc1F.CC(C)Oc1ccc(-c2nn([C@H](C)c3nc4c(Cl)cc(F)cn4c(=O)c3-c3cccc(F)c3)c3ncnc(N)c23)cc1F. The predicted octanol–water partition coefficient (Wildman–Crippen LogP) is 13.7. The summed E-state index contributed by atoms with van der Waals surface area (Å²) < 4.78 is 103. The molecule has 4 aromatic carbocycles. The van der Waals surface area contributed by atoms with Gasteiger partial charge in [-0.1, -0.05) is 62.3 Å². The summed E-state index contributed by atoms with van der Waals surface area (Å²) in [6.45, 7) is 10.6. The Bertz CT molecular complexity index is 4530. The van der Waals surface area contributed by atoms with Gasteiger partial charge in [0, 0.05) is 23.5 Å². The number of benzene rings is 4. The minimum absolute atomic E-state index is 0. The van der Waals surface area contributed by atoms with Gasteiger partial charge in [0.25, 0.3) is 11.1 Å². The summed E-state index contributed by atoms with van der Waals surface area (Å²) >= 11 is 12.6. The van der Waals surface area contributed by atoms with Gasteiger partial charge < -0.3 is 20.9 Å². The van der Waals surface area contributed by atoms with Crippen molar-refractivity contribution < 1.29 is 35.8 Å². The van der Waals surface area contributed by atoms with E-state index >= 15 is 8.78 Å². The molecule has 0 unspecified atom stereocenters. The molecule has 2 atom stereocenters. The molecule has 8 aromatic heterocycles. The number of fused-ring (bicyclic) bond motifs is 4. The molecule has 12 rings (SSSR count). The molecule has 0 spiro atoms. The first-order valence-corrected chi connectivity index (χ1v) is 27.1. The van der Waals surface area contributed by atoms with E-state index in [4.69, 9.17) is 54.3 Å². The largest absolute Gasteiger partial charge is 0.488 e. The maximum atomic E-state index is 15.0. The second-order valence-corrected chi connectivity index (χ2v) is 21.1. The number of rotatable bonds is 12. The number of hydrogen-bond donors (Lipinski definition) is 2. The fourth-order valence-corrected chi connectivity index (χ4v) is 10.4. The lowest BCUT2D eigenvalue weighted by atomic mass is 10.0. The average Bonchev–Trinajstić information content (AvgIpc) is 2.49. The Morgan fingerprint density at radius 1 is 0.477 bits per heavy atom. The molecule has 0 aliphatic heterocycles. The van der Waals surface area contributed by atoms with Crippen LogP contribution < -0.4 is 32.1 Å². The lowest BCUT2D eigenvalue weighted by molar-refractivity contribution is 0.231. The summed E-state index contributed by atoms with van der Waals surface area (Å²) in [5.74, 6) is -3.53. The van der Waals surface area contributed by atoms with Crippen LogP contribution in [0.25, 0.3) is 78.1 Å². The molecule has 18 nitrogen and oxygen atoms in total. The van der Waals surface area contributed by atoms with Crippen LogP contribution >= 0.6 is 23.2 Å². The van der Waals surface area contributed by atoms with Crippen LogP contribution in [-0.2, 0) is 0 Å². The van der Waals surface area contributed by atoms with Crippen molar-refractivity contribution in [1.29, 1.82) is 0 Å². The third kappa shape index (κ3) is 11.6. The smallest absolute Gasteiger partial charge is 0.266 e. The molecular weight excluding hydrogens is 1190 g/mol. The van der Waals surface area contributed by atoms with Crippen LogP contribution in [0.2, 0.25) is 10.0 Å². The highest BCUT2D eigenvalue weighted by Gasteiger charge is 2.30. The van der Waals surface area contributed by atoms with Crippen LogP contribution in [0.1, 0.15) is 79.9 Å². The Kier molecular flexibility index (Phi) is 17.6. The van der Waals surface area contributed by atoms with Crippen molar-refractivity contribution in [2.45, 2.75) is 80.7 Å². The number of nitrogen functional groups attached to an aromatic ring is 2. The maximum absolute atomic E-state index is 15.0. The summed E-state index contributed by atoms with van der Waals surface area (Å²) in [5.41, 5.74) is 13.7. The summed E-state index contributed by atoms with van der Waals surface area (Å²) in [6.07, 6.45) is 3.96. The minimum atomic E-state index is -0.837. The number of hydrogen-bond acceptors (Lipinski definition) is 14. The van der Waals surface area contributed by atoms with E-state index in [9.17, 15) is 27.2 Å². The highest BCUT2D eigenvalue weighted by Crippen LogP contribution is 2.39. The van der Waals surface area contributed by atoms with Gasteiger partial charge in [0.1, 0.15) is 58.9 Å². The van der Waals surface area contributed by atoms with Gasteiger partial charge in [-0.25, -0.2) is 65.6 Å². The zero-order chi connectivity index (χ0) is 61.2. The molecular formula is C62H54Cl2F6N14O4. The number of ether oxygens (including phenoxy) is 2. The number of halogens is 8. The Hall–Kier alpha value is -9.94. The van der Waals surface area contributed by atoms with Gasteiger partial charge in [-0.05, 0) is 125 Å². The zero-order valence-electron chi connectivity index (χ0n) is 46.0. The van der Waals surface area contributed by atoms with Gasteiger partial charge in [0.15, 0.2) is 45.7 Å². The van der Waals surface area contributed by atoms with Crippen LogP contribution in [0, 0.1) is 34.9 Å². The fourth-order valence-electron chi connectivity index (χ4n) is 9.97. The summed E-state index contributed by atoms with van der Waals surface area (Å²) in [5, 5.41) is 9.96. The number of pyridine rings is 2. The molecule has 4 N–H and O–H groups in total. The van der Waals surface area contributed by atoms with Crippen molar-refractivity contribution in [3.8, 4) is 56.3 Å². The van der Waals surface area contributed by atoms with E-state index in [1.165, 1.54) is 82.7 Å². The molecule has 0 aliphatic carbocycles. The van der Waals surface area contributed by atoms with Gasteiger partial charge in [-0.15, -0.1) is 0 Å². The van der Waals surface area contributed by atoms with Crippen molar-refractivity contribution in [3.05, 3.63) is 199 Å². The summed E-state index contributed by atoms with van der Waals surface area (Å²) in [4.78, 5) is 54.0. The second kappa shape index (κ2) is 24.8. The van der Waals surface area contributed by atoms with Crippen LogP contribution in [0.15, 0.2) is 132 Å². The molecule has 8 heterocycles. The molecule has 0 radical (unpaired) electrons. The fraction of sp³-hybridized carbons (Fsp3) is 0.194. The Labute approximate surface area is 507 Å². The lowest BCUT2D eigenvalue weighted by Crippen LogP contribution is -2.24. The van der Waals surface area contributed by atoms with E-state index in [-0.39, 0.29) is 128 Å². The Morgan fingerprint density at radius 2 is 0.864 bits per heavy atom. The number of aromatic nitrogens is 12. The van der Waals surface area contributed by atoms with Crippen LogP contribution in [-0.4, -0.2) is 70.5 Å². The third-order valence-electron chi connectivity index (χ3n) is 13.7. The standard InChI is InChI=1S/2C30H23ClF3N7O2.2CH4/c2*1-14(2)43-22-8-7-17(10-21(22)34)26-24-27(35)36-13-37-29(24)41(39-26)15(3)25-23(16-5-4-6-18(32)9-16)30(42)40-12-19(33)11-20(31)28(40)38-25;;/h2*4-15H,1-3H3,(H2,35,36,37);2*1H4/t2*15-;;/m10../s1. The molecule has 12 aromatic rings. The molecule has 88 heavy (non-hydrogen) atoms. The molecule has 0 saturated heterocycles. The molecule has 0 saturated carbocycles. The molecule has 0 amide bonds. The highest BCUT2D eigenvalue weighted by atomic mass is 35.5. The first-order chi connectivity index (χ1) is 41.1. The molecule has 452 valence electrons. The first kappa shape index (κ1) is 62.6. The number of nitrogens with zero attached hydrogens (tertiary/aromatic N) is 12. The minimum Gasteiger partial charge on any atom is -0.488 e. The monoisotopic (exact) mass is 1240 g/mol. The molecule has 0 fully saturated rings. The molecule has 0 aliphatic rings. The molecule has 0 bridgehead atoms. The molecule has 26 heteroatoms. The third-order valence-corrected chi connectivity index (χ3v) is 14.2. The van der Waals surface area contributed by atoms with Crippen molar-refractivity contribution >= 4 is 68.2 Å². The van der Waals surface area contributed by atoms with E-state index < -0.39 is 58.1 Å². The van der Waals surface area contributed by atoms with Gasteiger partial charge in [0.2, 0.25) is 0 Å². The highest BCUT2D eigenvalue weighted by molar-refractivity contribution is 6.33. The Balaban J connectivity index is 0.000000205. The summed E-state index contributed by atoms with van der Waals surface area (Å²) in [7, 11) is 0. The normalized spacial score (nSPS) is 12.1. The van der Waals surface area contributed by atoms with Gasteiger partial charge in [0.05, 0.1) is 67.6 Å². The quantitative estimate of drug-likeness (QED) is 0.109. The van der Waals surface area contributed by atoms with E-state index in [2.05, 4.69) is 29.9 Å². The topological polar surface area (TPSA) is 226 Å². The van der Waals surface area contributed by atoms with E-state index in [1.54, 1.807) is 65.8 Å². The predicted molar refractivity (Wildman–Crippen MR) is 327 cm³/mol. The number of nitrogens with two attached hydrogens (primary N) is 2. The maximum Gasteiger partial charge on any atom is 0.266 e. The second-order valence-electron chi connectivity index (χ2n) is 20.3. The van der Waals surface area contributed by atoms with Crippen LogP contribution in [0.5, 0.6) is 11.5 Å². The van der Waals surface area contributed by atoms with Gasteiger partial charge in [-0.3, -0.25) is 18.4 Å². The first-order valence-electron chi connectivity index (χ1n) is 26.3. The van der Waals surface area contributed by atoms with Crippen molar-refractivity contribution in [2.24, 2.45) is 0 Å². The average molecular weight is 1240 g/mol. The van der Waals surface area contributed by atoms with E-state index in [0.29, 0.717) is 21.9 Å². The van der Waals surface area contributed by atoms with Crippen LogP contribution in [0.4, 0.5) is 38.0 Å². The lowest BCUT2D eigenvalue weighted by Gasteiger charge is -2.18. The van der Waals surface area contributed by atoms with Gasteiger partial charge in [-0.2, -0.15) is 10.2 Å². The Morgan fingerprint density at radius 3 is 1.22 bits per heavy atom.